The second-order valence-electron chi connectivity index (χ2n) is 5.42. The summed E-state index contributed by atoms with van der Waals surface area (Å²) in [5, 5.41) is 0. The smallest absolute Gasteiger partial charge is 0.306 e. The lowest BCUT2D eigenvalue weighted by Crippen LogP contribution is -2.38. The Hall–Kier alpha value is -0.860. The Balaban J connectivity index is 2.31. The minimum Gasteiger partial charge on any atom is -0.469 e. The number of carbonyl (C=O) groups is 2. The van der Waals surface area contributed by atoms with Crippen molar-refractivity contribution in [3.63, 3.8) is 0 Å². The summed E-state index contributed by atoms with van der Waals surface area (Å²) in [6.45, 7) is 4.25. The molecule has 0 spiro atoms. The van der Waals surface area contributed by atoms with Crippen molar-refractivity contribution in [3.05, 3.63) is 0 Å². The van der Waals surface area contributed by atoms with Crippen molar-refractivity contribution in [1.29, 1.82) is 0 Å². The fraction of sp³-hybridized carbons (Fsp3) is 0.833. The number of hydrogen-bond donors (Lipinski definition) is 0. The van der Waals surface area contributed by atoms with Crippen molar-refractivity contribution in [2.75, 3.05) is 7.11 Å². The molecule has 0 aromatic carbocycles. The standard InChI is InChI=1S/C12H18O3/c1-11(2)8-4-5-12(11,9(13)6-8)7-10(14)15-3/h8H,4-7H2,1-3H3. The average Bonchev–Trinajstić information content (AvgIpc) is 2.51. The first-order chi connectivity index (χ1) is 6.94. The van der Waals surface area contributed by atoms with Gasteiger partial charge in [0.15, 0.2) is 0 Å². The summed E-state index contributed by atoms with van der Waals surface area (Å²) < 4.78 is 4.71. The van der Waals surface area contributed by atoms with E-state index in [1.54, 1.807) is 0 Å². The van der Waals surface area contributed by atoms with Crippen LogP contribution in [0, 0.1) is 16.7 Å². The van der Waals surface area contributed by atoms with Gasteiger partial charge in [-0.25, -0.2) is 0 Å². The molecule has 2 aliphatic rings. The second kappa shape index (κ2) is 3.06. The van der Waals surface area contributed by atoms with Gasteiger partial charge in [-0.1, -0.05) is 13.8 Å². The van der Waals surface area contributed by atoms with Crippen molar-refractivity contribution < 1.29 is 14.3 Å². The van der Waals surface area contributed by atoms with E-state index >= 15 is 0 Å². The zero-order valence-corrected chi connectivity index (χ0v) is 9.63. The van der Waals surface area contributed by atoms with Crippen molar-refractivity contribution in [3.8, 4) is 0 Å². The third-order valence-corrected chi connectivity index (χ3v) is 4.81. The number of esters is 1. The van der Waals surface area contributed by atoms with Crippen molar-refractivity contribution in [2.45, 2.75) is 39.5 Å². The van der Waals surface area contributed by atoms with Gasteiger partial charge in [0, 0.05) is 11.8 Å². The highest BCUT2D eigenvalue weighted by molar-refractivity contribution is 5.93. The normalized spacial score (nSPS) is 37.0. The van der Waals surface area contributed by atoms with E-state index in [0.717, 1.165) is 12.8 Å². The van der Waals surface area contributed by atoms with Crippen LogP contribution in [0.5, 0.6) is 0 Å². The van der Waals surface area contributed by atoms with E-state index in [2.05, 4.69) is 13.8 Å². The second-order valence-corrected chi connectivity index (χ2v) is 5.42. The zero-order chi connectivity index (χ0) is 11.3. The van der Waals surface area contributed by atoms with E-state index in [1.165, 1.54) is 7.11 Å². The van der Waals surface area contributed by atoms with Crippen LogP contribution in [0.3, 0.4) is 0 Å². The summed E-state index contributed by atoms with van der Waals surface area (Å²) in [5.74, 6) is 0.489. The molecule has 0 N–H and O–H groups in total. The summed E-state index contributed by atoms with van der Waals surface area (Å²) in [6.07, 6.45) is 2.87. The molecule has 0 aromatic heterocycles. The Morgan fingerprint density at radius 3 is 2.60 bits per heavy atom. The van der Waals surface area contributed by atoms with Gasteiger partial charge < -0.3 is 4.74 Å². The van der Waals surface area contributed by atoms with Crippen LogP contribution >= 0.6 is 0 Å². The van der Waals surface area contributed by atoms with Crippen LogP contribution in [0.25, 0.3) is 0 Å². The summed E-state index contributed by atoms with van der Waals surface area (Å²) in [7, 11) is 1.39. The molecule has 0 amide bonds. The third-order valence-electron chi connectivity index (χ3n) is 4.81. The van der Waals surface area contributed by atoms with E-state index in [4.69, 9.17) is 4.74 Å². The summed E-state index contributed by atoms with van der Waals surface area (Å²) in [4.78, 5) is 23.4. The zero-order valence-electron chi connectivity index (χ0n) is 9.63. The first-order valence-corrected chi connectivity index (χ1v) is 5.54. The molecule has 0 aliphatic heterocycles. The molecule has 2 fully saturated rings. The van der Waals surface area contributed by atoms with Gasteiger partial charge in [-0.3, -0.25) is 9.59 Å². The molecule has 2 bridgehead atoms. The lowest BCUT2D eigenvalue weighted by atomic mass is 9.67. The molecule has 2 atom stereocenters. The van der Waals surface area contributed by atoms with E-state index in [-0.39, 0.29) is 23.6 Å². The molecule has 3 nitrogen and oxygen atoms in total. The van der Waals surface area contributed by atoms with Gasteiger partial charge in [0.25, 0.3) is 0 Å². The molecule has 2 aliphatic carbocycles. The van der Waals surface area contributed by atoms with Crippen LogP contribution in [0.15, 0.2) is 0 Å². The summed E-state index contributed by atoms with van der Waals surface area (Å²) >= 11 is 0. The predicted molar refractivity (Wildman–Crippen MR) is 55.2 cm³/mol. The molecule has 3 heteroatoms. The minimum atomic E-state index is -0.426. The number of carbonyl (C=O) groups excluding carboxylic acids is 2. The summed E-state index contributed by atoms with van der Waals surface area (Å²) in [6, 6.07) is 0. The van der Waals surface area contributed by atoms with Gasteiger partial charge in [0.2, 0.25) is 0 Å². The Kier molecular flexibility index (Phi) is 2.18. The van der Waals surface area contributed by atoms with Crippen LogP contribution in [0.1, 0.15) is 39.5 Å². The van der Waals surface area contributed by atoms with Gasteiger partial charge in [-0.05, 0) is 24.2 Å². The molecule has 0 radical (unpaired) electrons. The van der Waals surface area contributed by atoms with Crippen LogP contribution in [0.4, 0.5) is 0 Å². The number of fused-ring (bicyclic) bond motifs is 2. The molecule has 2 saturated carbocycles. The molecule has 2 unspecified atom stereocenters. The van der Waals surface area contributed by atoms with Crippen LogP contribution < -0.4 is 0 Å². The van der Waals surface area contributed by atoms with Crippen molar-refractivity contribution >= 4 is 11.8 Å². The molecular weight excluding hydrogens is 192 g/mol. The fourth-order valence-electron chi connectivity index (χ4n) is 3.50. The van der Waals surface area contributed by atoms with E-state index in [9.17, 15) is 9.59 Å². The van der Waals surface area contributed by atoms with Gasteiger partial charge in [-0.15, -0.1) is 0 Å². The third kappa shape index (κ3) is 1.18. The number of Topliss-reactive ketones (excluding diaryl/α,β-unsaturated/α-hetero) is 1. The molecule has 0 aromatic rings. The van der Waals surface area contributed by atoms with Gasteiger partial charge in [0.05, 0.1) is 13.5 Å². The van der Waals surface area contributed by atoms with Gasteiger partial charge in [0.1, 0.15) is 5.78 Å². The van der Waals surface area contributed by atoms with Crippen molar-refractivity contribution in [1.82, 2.24) is 0 Å². The topological polar surface area (TPSA) is 43.4 Å². The van der Waals surface area contributed by atoms with Crippen LogP contribution in [-0.2, 0) is 14.3 Å². The van der Waals surface area contributed by atoms with Crippen molar-refractivity contribution in [2.24, 2.45) is 16.7 Å². The summed E-state index contributed by atoms with van der Waals surface area (Å²) in [5.41, 5.74) is -0.455. The number of hydrogen-bond acceptors (Lipinski definition) is 3. The maximum atomic E-state index is 12.0. The fourth-order valence-corrected chi connectivity index (χ4v) is 3.50. The van der Waals surface area contributed by atoms with Gasteiger partial charge >= 0.3 is 5.97 Å². The molecular formula is C12H18O3. The minimum absolute atomic E-state index is 0.0295. The molecule has 2 rings (SSSR count). The predicted octanol–water partition coefficient (Wildman–Crippen LogP) is 1.94. The number of ketones is 1. The first kappa shape index (κ1) is 10.7. The highest BCUT2D eigenvalue weighted by Gasteiger charge is 2.64. The highest BCUT2D eigenvalue weighted by atomic mass is 16.5. The number of ether oxygens (including phenoxy) is 1. The Labute approximate surface area is 90.2 Å². The largest absolute Gasteiger partial charge is 0.469 e. The average molecular weight is 210 g/mol. The lowest BCUT2D eigenvalue weighted by molar-refractivity contribution is -0.149. The SMILES string of the molecule is COC(=O)CC12CCC(CC1=O)C2(C)C. The van der Waals surface area contributed by atoms with E-state index < -0.39 is 5.41 Å². The Morgan fingerprint density at radius 1 is 1.53 bits per heavy atom. The Bertz CT molecular complexity index is 319. The number of methoxy groups -OCH3 is 1. The quantitative estimate of drug-likeness (QED) is 0.654. The van der Waals surface area contributed by atoms with Crippen LogP contribution in [-0.4, -0.2) is 18.9 Å². The molecule has 0 heterocycles. The van der Waals surface area contributed by atoms with Gasteiger partial charge in [-0.2, -0.15) is 0 Å². The van der Waals surface area contributed by atoms with E-state index in [1.807, 2.05) is 0 Å². The molecule has 0 saturated heterocycles. The number of rotatable bonds is 2. The molecule has 84 valence electrons. The maximum absolute atomic E-state index is 12.0. The highest BCUT2D eigenvalue weighted by Crippen LogP contribution is 2.65. The van der Waals surface area contributed by atoms with Crippen LogP contribution in [0.2, 0.25) is 0 Å². The maximum Gasteiger partial charge on any atom is 0.306 e. The first-order valence-electron chi connectivity index (χ1n) is 5.54. The Morgan fingerprint density at radius 2 is 2.20 bits per heavy atom. The molecule has 15 heavy (non-hydrogen) atoms. The lowest BCUT2D eigenvalue weighted by Gasteiger charge is -2.35. The monoisotopic (exact) mass is 210 g/mol. The van der Waals surface area contributed by atoms with E-state index in [0.29, 0.717) is 12.3 Å².